The Morgan fingerprint density at radius 3 is 2.42 bits per heavy atom. The average Bonchev–Trinajstić information content (AvgIpc) is 2.55. The fourth-order valence-corrected chi connectivity index (χ4v) is 4.16. The number of carbonyl (C=O) groups excluding carboxylic acids is 1. The van der Waals surface area contributed by atoms with Crippen molar-refractivity contribution in [3.8, 4) is 0 Å². The summed E-state index contributed by atoms with van der Waals surface area (Å²) in [5.74, 6) is -0.383. The maximum Gasteiger partial charge on any atom is 0.248 e. The van der Waals surface area contributed by atoms with E-state index < -0.39 is 16.1 Å². The first-order chi connectivity index (χ1) is 12.1. The Labute approximate surface area is 160 Å². The van der Waals surface area contributed by atoms with Gasteiger partial charge in [-0.1, -0.05) is 36.7 Å². The number of aryl methyl sites for hydroxylation is 1. The summed E-state index contributed by atoms with van der Waals surface area (Å²) in [5.41, 5.74) is 3.03. The molecule has 0 aliphatic carbocycles. The highest BCUT2D eigenvalue weighted by Crippen LogP contribution is 2.26. The van der Waals surface area contributed by atoms with Gasteiger partial charge in [0.1, 0.15) is 6.04 Å². The second kappa shape index (κ2) is 8.10. The Bertz CT molecular complexity index is 913. The monoisotopic (exact) mass is 394 g/mol. The van der Waals surface area contributed by atoms with E-state index in [-0.39, 0.29) is 5.91 Å². The molecule has 1 amide bonds. The summed E-state index contributed by atoms with van der Waals surface area (Å²) in [6, 6.07) is 11.2. The zero-order valence-corrected chi connectivity index (χ0v) is 16.9. The van der Waals surface area contributed by atoms with E-state index in [2.05, 4.69) is 5.32 Å². The van der Waals surface area contributed by atoms with Crippen LogP contribution in [0.2, 0.25) is 5.02 Å². The zero-order valence-electron chi connectivity index (χ0n) is 15.3. The predicted octanol–water partition coefficient (Wildman–Crippen LogP) is 4.14. The normalized spacial score (nSPS) is 12.5. The Morgan fingerprint density at radius 2 is 1.85 bits per heavy atom. The molecule has 0 unspecified atom stereocenters. The van der Waals surface area contributed by atoms with Crippen molar-refractivity contribution in [3.63, 3.8) is 0 Å². The number of benzene rings is 2. The Kier molecular flexibility index (Phi) is 6.31. The van der Waals surface area contributed by atoms with Gasteiger partial charge in [0.2, 0.25) is 15.9 Å². The van der Waals surface area contributed by atoms with E-state index >= 15 is 0 Å². The van der Waals surface area contributed by atoms with Gasteiger partial charge in [0.15, 0.2) is 0 Å². The van der Waals surface area contributed by atoms with E-state index in [1.807, 2.05) is 26.0 Å². The Morgan fingerprint density at radius 1 is 1.19 bits per heavy atom. The van der Waals surface area contributed by atoms with Gasteiger partial charge < -0.3 is 5.32 Å². The molecule has 0 aromatic heterocycles. The summed E-state index contributed by atoms with van der Waals surface area (Å²) in [7, 11) is -3.69. The first-order valence-electron chi connectivity index (χ1n) is 8.27. The molecule has 0 spiro atoms. The minimum Gasteiger partial charge on any atom is -0.324 e. The number of halogens is 1. The largest absolute Gasteiger partial charge is 0.324 e. The molecule has 2 aromatic carbocycles. The fourth-order valence-electron chi connectivity index (χ4n) is 2.78. The van der Waals surface area contributed by atoms with Gasteiger partial charge in [0.05, 0.1) is 11.9 Å². The van der Waals surface area contributed by atoms with Crippen LogP contribution in [0.4, 0.5) is 11.4 Å². The topological polar surface area (TPSA) is 66.5 Å². The van der Waals surface area contributed by atoms with Gasteiger partial charge in [0, 0.05) is 10.7 Å². The molecule has 0 fully saturated rings. The van der Waals surface area contributed by atoms with Crippen LogP contribution in [0, 0.1) is 13.8 Å². The Balaban J connectivity index is 2.42. The van der Waals surface area contributed by atoms with Crippen LogP contribution >= 0.6 is 11.6 Å². The lowest BCUT2D eigenvalue weighted by molar-refractivity contribution is -0.117. The van der Waals surface area contributed by atoms with Crippen LogP contribution < -0.4 is 9.62 Å². The summed E-state index contributed by atoms with van der Waals surface area (Å²) < 4.78 is 26.0. The number of hydrogen-bond donors (Lipinski definition) is 1. The molecular weight excluding hydrogens is 372 g/mol. The summed E-state index contributed by atoms with van der Waals surface area (Å²) in [4.78, 5) is 12.9. The van der Waals surface area contributed by atoms with E-state index in [0.717, 1.165) is 21.7 Å². The van der Waals surface area contributed by atoms with Crippen LogP contribution in [0.25, 0.3) is 0 Å². The molecule has 7 heteroatoms. The van der Waals surface area contributed by atoms with Crippen LogP contribution in [0.15, 0.2) is 42.5 Å². The van der Waals surface area contributed by atoms with Crippen LogP contribution in [-0.4, -0.2) is 26.6 Å². The smallest absolute Gasteiger partial charge is 0.248 e. The molecule has 5 nitrogen and oxygen atoms in total. The van der Waals surface area contributed by atoms with Crippen molar-refractivity contribution in [2.75, 3.05) is 15.9 Å². The lowest BCUT2D eigenvalue weighted by Gasteiger charge is -2.30. The van der Waals surface area contributed by atoms with Gasteiger partial charge in [-0.05, 0) is 55.7 Å². The molecule has 26 heavy (non-hydrogen) atoms. The van der Waals surface area contributed by atoms with E-state index in [1.165, 1.54) is 6.07 Å². The molecule has 1 N–H and O–H groups in total. The highest BCUT2D eigenvalue weighted by Gasteiger charge is 2.31. The molecule has 2 rings (SSSR count). The van der Waals surface area contributed by atoms with Gasteiger partial charge in [-0.2, -0.15) is 0 Å². The number of amides is 1. The van der Waals surface area contributed by atoms with E-state index in [0.29, 0.717) is 22.8 Å². The van der Waals surface area contributed by atoms with Crippen molar-refractivity contribution in [2.45, 2.75) is 33.2 Å². The standard InChI is InChI=1S/C19H23ClN2O3S/c1-5-18(19(23)21-17-11-6-8-13(2)14(17)3)22(26(4,24)25)16-10-7-9-15(20)12-16/h6-12,18H,5H2,1-4H3,(H,21,23)/t18-/m1/s1. The van der Waals surface area contributed by atoms with Crippen molar-refractivity contribution in [1.29, 1.82) is 0 Å². The average molecular weight is 395 g/mol. The molecule has 0 bridgehead atoms. The Hall–Kier alpha value is -2.05. The highest BCUT2D eigenvalue weighted by atomic mass is 35.5. The van der Waals surface area contributed by atoms with Crippen LogP contribution in [0.5, 0.6) is 0 Å². The lowest BCUT2D eigenvalue weighted by Crippen LogP contribution is -2.47. The molecule has 2 aromatic rings. The third-order valence-electron chi connectivity index (χ3n) is 4.25. The number of anilines is 2. The van der Waals surface area contributed by atoms with Crippen molar-refractivity contribution in [3.05, 3.63) is 58.6 Å². The summed E-state index contributed by atoms with van der Waals surface area (Å²) >= 11 is 6.01. The number of nitrogens with zero attached hydrogens (tertiary/aromatic N) is 1. The zero-order chi connectivity index (χ0) is 19.5. The van der Waals surface area contributed by atoms with Gasteiger partial charge in [-0.3, -0.25) is 9.10 Å². The molecule has 140 valence electrons. The third-order valence-corrected chi connectivity index (χ3v) is 5.67. The summed E-state index contributed by atoms with van der Waals surface area (Å²) in [5, 5.41) is 3.26. The molecule has 0 heterocycles. The number of hydrogen-bond acceptors (Lipinski definition) is 3. The second-order valence-electron chi connectivity index (χ2n) is 6.20. The van der Waals surface area contributed by atoms with E-state index in [9.17, 15) is 13.2 Å². The van der Waals surface area contributed by atoms with Crippen molar-refractivity contribution >= 4 is 38.9 Å². The number of sulfonamides is 1. The molecular formula is C19H23ClN2O3S. The van der Waals surface area contributed by atoms with Gasteiger partial charge >= 0.3 is 0 Å². The number of rotatable bonds is 6. The predicted molar refractivity (Wildman–Crippen MR) is 107 cm³/mol. The lowest BCUT2D eigenvalue weighted by atomic mass is 10.1. The first kappa shape index (κ1) is 20.3. The van der Waals surface area contributed by atoms with E-state index in [4.69, 9.17) is 11.6 Å². The third kappa shape index (κ3) is 4.56. The van der Waals surface area contributed by atoms with Crippen LogP contribution in [0.1, 0.15) is 24.5 Å². The molecule has 1 atom stereocenters. The number of carbonyl (C=O) groups is 1. The van der Waals surface area contributed by atoms with Crippen LogP contribution in [-0.2, 0) is 14.8 Å². The van der Waals surface area contributed by atoms with Gasteiger partial charge in [-0.15, -0.1) is 0 Å². The maximum atomic E-state index is 12.9. The van der Waals surface area contributed by atoms with Gasteiger partial charge in [0.25, 0.3) is 0 Å². The summed E-state index contributed by atoms with van der Waals surface area (Å²) in [6.07, 6.45) is 1.40. The van der Waals surface area contributed by atoms with Crippen molar-refractivity contribution in [1.82, 2.24) is 0 Å². The SMILES string of the molecule is CC[C@H](C(=O)Nc1cccc(C)c1C)N(c1cccc(Cl)c1)S(C)(=O)=O. The number of nitrogens with one attached hydrogen (secondary N) is 1. The minimum absolute atomic E-state index is 0.316. The molecule has 0 radical (unpaired) electrons. The maximum absolute atomic E-state index is 12.9. The fraction of sp³-hybridized carbons (Fsp3) is 0.316. The minimum atomic E-state index is -3.69. The van der Waals surface area contributed by atoms with E-state index in [1.54, 1.807) is 31.2 Å². The van der Waals surface area contributed by atoms with Crippen LogP contribution in [0.3, 0.4) is 0 Å². The van der Waals surface area contributed by atoms with Gasteiger partial charge in [-0.25, -0.2) is 8.42 Å². The second-order valence-corrected chi connectivity index (χ2v) is 8.50. The molecule has 0 aliphatic heterocycles. The molecule has 0 aliphatic rings. The van der Waals surface area contributed by atoms with Crippen molar-refractivity contribution < 1.29 is 13.2 Å². The van der Waals surface area contributed by atoms with Crippen molar-refractivity contribution in [2.24, 2.45) is 0 Å². The molecule has 0 saturated heterocycles. The first-order valence-corrected chi connectivity index (χ1v) is 10.5. The quantitative estimate of drug-likeness (QED) is 0.800. The highest BCUT2D eigenvalue weighted by molar-refractivity contribution is 7.92. The molecule has 0 saturated carbocycles. The summed E-state index contributed by atoms with van der Waals surface area (Å²) in [6.45, 7) is 5.64.